The van der Waals surface area contributed by atoms with E-state index in [2.05, 4.69) is 0 Å². The SMILES string of the molecule is O=S(=O)(Oc1cc(Cl)cc(Cl)c1)c1ccccc1. The summed E-state index contributed by atoms with van der Waals surface area (Å²) in [5.41, 5.74) is 0. The van der Waals surface area contributed by atoms with E-state index in [4.69, 9.17) is 27.4 Å². The van der Waals surface area contributed by atoms with E-state index >= 15 is 0 Å². The first-order valence-electron chi connectivity index (χ1n) is 4.93. The minimum absolute atomic E-state index is 0.0705. The first-order chi connectivity index (χ1) is 8.47. The van der Waals surface area contributed by atoms with Crippen molar-refractivity contribution in [1.29, 1.82) is 0 Å². The molecular formula is C12H8Cl2O3S. The van der Waals surface area contributed by atoms with Gasteiger partial charge in [-0.3, -0.25) is 0 Å². The predicted octanol–water partition coefficient (Wildman–Crippen LogP) is 3.76. The molecule has 0 fully saturated rings. The highest BCUT2D eigenvalue weighted by Crippen LogP contribution is 2.26. The molecule has 0 unspecified atom stereocenters. The average molecular weight is 303 g/mol. The summed E-state index contributed by atoms with van der Waals surface area (Å²) < 4.78 is 28.8. The number of hydrogen-bond donors (Lipinski definition) is 0. The molecule has 6 heteroatoms. The molecule has 2 aromatic carbocycles. The summed E-state index contributed by atoms with van der Waals surface area (Å²) in [6.07, 6.45) is 0. The van der Waals surface area contributed by atoms with Crippen molar-refractivity contribution in [2.24, 2.45) is 0 Å². The predicted molar refractivity (Wildman–Crippen MR) is 70.7 cm³/mol. The number of halogens is 2. The van der Waals surface area contributed by atoms with E-state index in [0.29, 0.717) is 10.0 Å². The maximum atomic E-state index is 11.9. The van der Waals surface area contributed by atoms with E-state index in [1.54, 1.807) is 18.2 Å². The summed E-state index contributed by atoms with van der Waals surface area (Å²) in [6, 6.07) is 12.1. The minimum Gasteiger partial charge on any atom is -0.379 e. The Balaban J connectivity index is 2.34. The van der Waals surface area contributed by atoms with Gasteiger partial charge in [-0.15, -0.1) is 0 Å². The highest BCUT2D eigenvalue weighted by Gasteiger charge is 2.16. The fourth-order valence-electron chi connectivity index (χ4n) is 1.34. The van der Waals surface area contributed by atoms with Crippen LogP contribution in [0.3, 0.4) is 0 Å². The van der Waals surface area contributed by atoms with Gasteiger partial charge in [0.25, 0.3) is 0 Å². The number of rotatable bonds is 3. The summed E-state index contributed by atoms with van der Waals surface area (Å²) in [5.74, 6) is 0.0800. The third-order valence-electron chi connectivity index (χ3n) is 2.07. The topological polar surface area (TPSA) is 43.4 Å². The van der Waals surface area contributed by atoms with Crippen LogP contribution in [-0.4, -0.2) is 8.42 Å². The zero-order chi connectivity index (χ0) is 13.2. The van der Waals surface area contributed by atoms with Gasteiger partial charge in [-0.2, -0.15) is 8.42 Å². The van der Waals surface area contributed by atoms with Crippen LogP contribution in [0.4, 0.5) is 0 Å². The summed E-state index contributed by atoms with van der Waals surface area (Å²) in [7, 11) is -3.86. The normalized spacial score (nSPS) is 11.2. The van der Waals surface area contributed by atoms with Crippen LogP contribution in [0.25, 0.3) is 0 Å². The molecule has 0 amide bonds. The number of benzene rings is 2. The molecule has 0 heterocycles. The molecule has 0 aliphatic rings. The van der Waals surface area contributed by atoms with Gasteiger partial charge in [-0.05, 0) is 18.2 Å². The maximum Gasteiger partial charge on any atom is 0.339 e. The van der Waals surface area contributed by atoms with Gasteiger partial charge in [-0.1, -0.05) is 41.4 Å². The summed E-state index contributed by atoms with van der Waals surface area (Å²) in [5, 5.41) is 0.613. The lowest BCUT2D eigenvalue weighted by Crippen LogP contribution is -2.09. The molecule has 2 rings (SSSR count). The first kappa shape index (κ1) is 13.2. The molecule has 0 bridgehead atoms. The van der Waals surface area contributed by atoms with Gasteiger partial charge < -0.3 is 4.18 Å². The largest absolute Gasteiger partial charge is 0.379 e. The minimum atomic E-state index is -3.86. The van der Waals surface area contributed by atoms with Crippen LogP contribution in [-0.2, 0) is 10.1 Å². The molecule has 0 saturated heterocycles. The Morgan fingerprint density at radius 1 is 0.889 bits per heavy atom. The smallest absolute Gasteiger partial charge is 0.339 e. The third-order valence-corrected chi connectivity index (χ3v) is 3.77. The van der Waals surface area contributed by atoms with Crippen molar-refractivity contribution in [3.05, 3.63) is 58.6 Å². The van der Waals surface area contributed by atoms with Gasteiger partial charge in [-0.25, -0.2) is 0 Å². The third kappa shape index (κ3) is 3.16. The molecule has 0 N–H and O–H groups in total. The van der Waals surface area contributed by atoms with Crippen molar-refractivity contribution in [3.8, 4) is 5.75 Å². The zero-order valence-electron chi connectivity index (χ0n) is 9.01. The van der Waals surface area contributed by atoms with E-state index in [0.717, 1.165) is 0 Å². The van der Waals surface area contributed by atoms with Gasteiger partial charge in [0.1, 0.15) is 10.6 Å². The van der Waals surface area contributed by atoms with E-state index < -0.39 is 10.1 Å². The Labute approximate surface area is 115 Å². The van der Waals surface area contributed by atoms with E-state index in [1.807, 2.05) is 0 Å². The van der Waals surface area contributed by atoms with Crippen LogP contribution >= 0.6 is 23.2 Å². The van der Waals surface area contributed by atoms with Crippen LogP contribution in [0.5, 0.6) is 5.75 Å². The van der Waals surface area contributed by atoms with Crippen LogP contribution in [0.1, 0.15) is 0 Å². The van der Waals surface area contributed by atoms with E-state index in [1.165, 1.54) is 30.3 Å². The highest BCUT2D eigenvalue weighted by atomic mass is 35.5. The molecule has 0 aliphatic carbocycles. The first-order valence-corrected chi connectivity index (χ1v) is 7.09. The number of hydrogen-bond acceptors (Lipinski definition) is 3. The molecule has 0 aliphatic heterocycles. The molecule has 3 nitrogen and oxygen atoms in total. The quantitative estimate of drug-likeness (QED) is 0.811. The fourth-order valence-corrected chi connectivity index (χ4v) is 2.78. The van der Waals surface area contributed by atoms with Crippen LogP contribution < -0.4 is 4.18 Å². The second kappa shape index (κ2) is 5.18. The standard InChI is InChI=1S/C12H8Cl2O3S/c13-9-6-10(14)8-11(7-9)17-18(15,16)12-4-2-1-3-5-12/h1-8H. The average Bonchev–Trinajstić information content (AvgIpc) is 2.28. The van der Waals surface area contributed by atoms with Gasteiger partial charge in [0.15, 0.2) is 0 Å². The molecule has 0 atom stereocenters. The Hall–Kier alpha value is -1.23. The zero-order valence-corrected chi connectivity index (χ0v) is 11.3. The second-order valence-electron chi connectivity index (χ2n) is 3.46. The molecule has 0 aromatic heterocycles. The van der Waals surface area contributed by atoms with Crippen LogP contribution in [0.15, 0.2) is 53.4 Å². The Morgan fingerprint density at radius 2 is 1.44 bits per heavy atom. The summed E-state index contributed by atoms with van der Waals surface area (Å²) in [6.45, 7) is 0. The monoisotopic (exact) mass is 302 g/mol. The van der Waals surface area contributed by atoms with Gasteiger partial charge in [0, 0.05) is 22.2 Å². The molecule has 2 aromatic rings. The molecule has 0 radical (unpaired) electrons. The van der Waals surface area contributed by atoms with Gasteiger partial charge in [0.2, 0.25) is 0 Å². The van der Waals surface area contributed by atoms with Crippen molar-refractivity contribution in [2.75, 3.05) is 0 Å². The fraction of sp³-hybridized carbons (Fsp3) is 0. The van der Waals surface area contributed by atoms with E-state index in [-0.39, 0.29) is 10.6 Å². The molecule has 18 heavy (non-hydrogen) atoms. The van der Waals surface area contributed by atoms with Crippen molar-refractivity contribution in [1.82, 2.24) is 0 Å². The summed E-state index contributed by atoms with van der Waals surface area (Å²) in [4.78, 5) is 0.0705. The molecule has 0 spiro atoms. The lowest BCUT2D eigenvalue weighted by Gasteiger charge is -2.07. The molecule has 94 valence electrons. The van der Waals surface area contributed by atoms with Gasteiger partial charge in [0.05, 0.1) is 0 Å². The molecular weight excluding hydrogens is 295 g/mol. The van der Waals surface area contributed by atoms with Crippen molar-refractivity contribution in [3.63, 3.8) is 0 Å². The second-order valence-corrected chi connectivity index (χ2v) is 5.87. The summed E-state index contributed by atoms with van der Waals surface area (Å²) >= 11 is 11.5. The van der Waals surface area contributed by atoms with Crippen molar-refractivity contribution >= 4 is 33.3 Å². The Bertz CT molecular complexity index is 634. The Kier molecular flexibility index (Phi) is 3.80. The Morgan fingerprint density at radius 3 is 2.00 bits per heavy atom. The van der Waals surface area contributed by atoms with Crippen molar-refractivity contribution in [2.45, 2.75) is 4.90 Å². The lowest BCUT2D eigenvalue weighted by molar-refractivity contribution is 0.486. The van der Waals surface area contributed by atoms with Crippen molar-refractivity contribution < 1.29 is 12.6 Å². The van der Waals surface area contributed by atoms with E-state index in [9.17, 15) is 8.42 Å². The van der Waals surface area contributed by atoms with Crippen LogP contribution in [0, 0.1) is 0 Å². The maximum absolute atomic E-state index is 11.9. The lowest BCUT2D eigenvalue weighted by atomic mass is 10.3. The van der Waals surface area contributed by atoms with Gasteiger partial charge >= 0.3 is 10.1 Å². The van der Waals surface area contributed by atoms with Crippen LogP contribution in [0.2, 0.25) is 10.0 Å². The highest BCUT2D eigenvalue weighted by molar-refractivity contribution is 7.87. The molecule has 0 saturated carbocycles.